The molecule has 5 rings (SSSR count). The van der Waals surface area contributed by atoms with E-state index in [-0.39, 0.29) is 11.7 Å². The van der Waals surface area contributed by atoms with Crippen molar-refractivity contribution in [1.82, 2.24) is 14.8 Å². The predicted octanol–water partition coefficient (Wildman–Crippen LogP) is 5.06. The minimum absolute atomic E-state index is 0.117. The normalized spacial score (nSPS) is 11.1. The molecule has 0 radical (unpaired) electrons. The Morgan fingerprint density at radius 1 is 0.935 bits per heavy atom. The zero-order chi connectivity index (χ0) is 21.0. The smallest absolute Gasteiger partial charge is 0.234 e. The highest BCUT2D eigenvalue weighted by Crippen LogP contribution is 2.27. The van der Waals surface area contributed by atoms with Crippen molar-refractivity contribution in [3.8, 4) is 11.6 Å². The first-order valence-electron chi connectivity index (χ1n) is 9.68. The predicted molar refractivity (Wildman–Crippen MR) is 119 cm³/mol. The fraction of sp³-hybridized carbons (Fsp3) is 0.0870. The molecule has 2 aromatic carbocycles. The number of anilines is 1. The Morgan fingerprint density at radius 2 is 1.77 bits per heavy atom. The van der Waals surface area contributed by atoms with Gasteiger partial charge in [0, 0.05) is 11.1 Å². The molecule has 3 heterocycles. The number of nitrogens with zero attached hydrogens (tertiary/aromatic N) is 3. The number of furan rings is 2. The maximum absolute atomic E-state index is 12.7. The van der Waals surface area contributed by atoms with E-state index in [2.05, 4.69) is 15.5 Å². The van der Waals surface area contributed by atoms with Crippen LogP contribution in [0.25, 0.3) is 22.4 Å². The van der Waals surface area contributed by atoms with Gasteiger partial charge in [-0.05, 0) is 35.7 Å². The van der Waals surface area contributed by atoms with Crippen molar-refractivity contribution < 1.29 is 13.6 Å². The van der Waals surface area contributed by atoms with Crippen LogP contribution in [0.5, 0.6) is 0 Å². The molecule has 0 fully saturated rings. The molecule has 7 nitrogen and oxygen atoms in total. The van der Waals surface area contributed by atoms with Crippen LogP contribution in [0, 0.1) is 0 Å². The van der Waals surface area contributed by atoms with Crippen LogP contribution in [0.4, 0.5) is 5.69 Å². The van der Waals surface area contributed by atoms with Crippen LogP contribution in [0.2, 0.25) is 0 Å². The van der Waals surface area contributed by atoms with E-state index in [1.807, 2.05) is 65.2 Å². The average Bonchev–Trinajstić information content (AvgIpc) is 3.56. The van der Waals surface area contributed by atoms with Crippen LogP contribution in [-0.4, -0.2) is 26.4 Å². The van der Waals surface area contributed by atoms with Crippen molar-refractivity contribution in [2.45, 2.75) is 11.7 Å². The quantitative estimate of drug-likeness (QED) is 0.363. The number of rotatable bonds is 7. The average molecular weight is 430 g/mol. The van der Waals surface area contributed by atoms with E-state index in [0.29, 0.717) is 23.3 Å². The summed E-state index contributed by atoms with van der Waals surface area (Å²) in [5.41, 5.74) is 0.789. The second kappa shape index (κ2) is 8.53. The van der Waals surface area contributed by atoms with Crippen LogP contribution >= 0.6 is 11.8 Å². The van der Waals surface area contributed by atoms with E-state index in [4.69, 9.17) is 8.83 Å². The molecule has 0 atom stereocenters. The Kier molecular flexibility index (Phi) is 5.28. The van der Waals surface area contributed by atoms with Crippen molar-refractivity contribution in [2.75, 3.05) is 11.1 Å². The number of benzene rings is 2. The van der Waals surface area contributed by atoms with Crippen molar-refractivity contribution in [1.29, 1.82) is 0 Å². The lowest BCUT2D eigenvalue weighted by atomic mass is 10.1. The number of amides is 1. The first-order valence-corrected chi connectivity index (χ1v) is 10.7. The largest absolute Gasteiger partial charge is 0.467 e. The van der Waals surface area contributed by atoms with E-state index in [1.54, 1.807) is 18.6 Å². The molecule has 0 unspecified atom stereocenters. The van der Waals surface area contributed by atoms with E-state index in [0.717, 1.165) is 22.2 Å². The van der Waals surface area contributed by atoms with Crippen LogP contribution in [0.15, 0.2) is 93.2 Å². The highest BCUT2D eigenvalue weighted by Gasteiger charge is 2.18. The molecule has 1 N–H and O–H groups in total. The fourth-order valence-electron chi connectivity index (χ4n) is 3.34. The Hall–Kier alpha value is -3.78. The maximum atomic E-state index is 12.7. The van der Waals surface area contributed by atoms with Gasteiger partial charge in [-0.15, -0.1) is 10.2 Å². The minimum Gasteiger partial charge on any atom is -0.467 e. The van der Waals surface area contributed by atoms with Gasteiger partial charge in [-0.1, -0.05) is 48.2 Å². The zero-order valence-corrected chi connectivity index (χ0v) is 17.2. The third-order valence-electron chi connectivity index (χ3n) is 4.75. The van der Waals surface area contributed by atoms with Gasteiger partial charge in [0.05, 0.1) is 24.8 Å². The van der Waals surface area contributed by atoms with Gasteiger partial charge >= 0.3 is 0 Å². The highest BCUT2D eigenvalue weighted by atomic mass is 32.2. The maximum Gasteiger partial charge on any atom is 0.234 e. The monoisotopic (exact) mass is 430 g/mol. The van der Waals surface area contributed by atoms with E-state index in [1.165, 1.54) is 11.8 Å². The van der Waals surface area contributed by atoms with Gasteiger partial charge in [0.15, 0.2) is 10.9 Å². The number of carbonyl (C=O) groups excluding carboxylic acids is 1. The summed E-state index contributed by atoms with van der Waals surface area (Å²) >= 11 is 1.31. The Labute approximate surface area is 182 Å². The summed E-state index contributed by atoms with van der Waals surface area (Å²) in [6, 6.07) is 21.1. The van der Waals surface area contributed by atoms with E-state index < -0.39 is 0 Å². The highest BCUT2D eigenvalue weighted by molar-refractivity contribution is 7.99. The molecule has 0 aliphatic carbocycles. The molecular weight excluding hydrogens is 412 g/mol. The standard InChI is InChI=1S/C23H18N4O3S/c28-21(24-19-10-3-7-16-6-1-2-9-18(16)19)15-31-23-26-25-22(20-11-5-13-30-20)27(23)14-17-8-4-12-29-17/h1-13H,14-15H2,(H,24,28). The molecule has 0 saturated carbocycles. The lowest BCUT2D eigenvalue weighted by Gasteiger charge is -2.09. The molecule has 154 valence electrons. The van der Waals surface area contributed by atoms with Gasteiger partial charge in [0.1, 0.15) is 5.76 Å². The lowest BCUT2D eigenvalue weighted by molar-refractivity contribution is -0.113. The van der Waals surface area contributed by atoms with Gasteiger partial charge in [-0.3, -0.25) is 9.36 Å². The van der Waals surface area contributed by atoms with Gasteiger partial charge in [-0.25, -0.2) is 0 Å². The van der Waals surface area contributed by atoms with Gasteiger partial charge in [-0.2, -0.15) is 0 Å². The van der Waals surface area contributed by atoms with Gasteiger partial charge in [0.25, 0.3) is 0 Å². The molecule has 0 saturated heterocycles. The summed E-state index contributed by atoms with van der Waals surface area (Å²) in [6.07, 6.45) is 3.21. The van der Waals surface area contributed by atoms with Crippen molar-refractivity contribution in [2.24, 2.45) is 0 Å². The molecule has 5 aromatic rings. The van der Waals surface area contributed by atoms with Crippen molar-refractivity contribution >= 4 is 34.1 Å². The molecule has 0 aliphatic heterocycles. The van der Waals surface area contributed by atoms with Gasteiger partial charge < -0.3 is 14.2 Å². The van der Waals surface area contributed by atoms with Crippen LogP contribution in [-0.2, 0) is 11.3 Å². The second-order valence-electron chi connectivity index (χ2n) is 6.81. The molecule has 8 heteroatoms. The molecule has 0 bridgehead atoms. The number of fused-ring (bicyclic) bond motifs is 1. The summed E-state index contributed by atoms with van der Waals surface area (Å²) in [7, 11) is 0. The Bertz CT molecular complexity index is 1300. The lowest BCUT2D eigenvalue weighted by Crippen LogP contribution is -2.15. The molecule has 0 spiro atoms. The summed E-state index contributed by atoms with van der Waals surface area (Å²) in [6.45, 7) is 0.434. The fourth-order valence-corrected chi connectivity index (χ4v) is 4.07. The van der Waals surface area contributed by atoms with E-state index in [9.17, 15) is 4.79 Å². The SMILES string of the molecule is O=C(CSc1nnc(-c2ccco2)n1Cc1ccco1)Nc1cccc2ccccc12. The summed E-state index contributed by atoms with van der Waals surface area (Å²) < 4.78 is 12.9. The number of hydrogen-bond acceptors (Lipinski definition) is 6. The summed E-state index contributed by atoms with van der Waals surface area (Å²) in [4.78, 5) is 12.7. The number of aromatic nitrogens is 3. The molecule has 1 amide bonds. The van der Waals surface area contributed by atoms with E-state index >= 15 is 0 Å². The first kappa shape index (κ1) is 19.2. The third kappa shape index (κ3) is 4.10. The topological polar surface area (TPSA) is 86.1 Å². The van der Waals surface area contributed by atoms with Crippen LogP contribution in [0.1, 0.15) is 5.76 Å². The summed E-state index contributed by atoms with van der Waals surface area (Å²) in [5, 5.41) is 14.2. The zero-order valence-electron chi connectivity index (χ0n) is 16.4. The molecule has 31 heavy (non-hydrogen) atoms. The Balaban J connectivity index is 1.34. The first-order chi connectivity index (χ1) is 15.3. The molecular formula is C23H18N4O3S. The number of carbonyl (C=O) groups is 1. The van der Waals surface area contributed by atoms with Crippen molar-refractivity contribution in [3.05, 3.63) is 85.0 Å². The third-order valence-corrected chi connectivity index (χ3v) is 5.72. The molecule has 0 aliphatic rings. The Morgan fingerprint density at radius 3 is 2.61 bits per heavy atom. The minimum atomic E-state index is -0.117. The van der Waals surface area contributed by atoms with Crippen LogP contribution in [0.3, 0.4) is 0 Å². The number of thioether (sulfide) groups is 1. The number of hydrogen-bond donors (Lipinski definition) is 1. The van der Waals surface area contributed by atoms with Crippen LogP contribution < -0.4 is 5.32 Å². The molecule has 3 aromatic heterocycles. The van der Waals surface area contributed by atoms with Crippen molar-refractivity contribution in [3.63, 3.8) is 0 Å². The van der Waals surface area contributed by atoms with Gasteiger partial charge in [0.2, 0.25) is 11.7 Å². The summed E-state index contributed by atoms with van der Waals surface area (Å²) in [5.74, 6) is 2.02. The number of nitrogens with one attached hydrogen (secondary N) is 1. The second-order valence-corrected chi connectivity index (χ2v) is 7.76.